The van der Waals surface area contributed by atoms with E-state index in [1.54, 1.807) is 11.3 Å². The zero-order valence-electron chi connectivity index (χ0n) is 13.3. The van der Waals surface area contributed by atoms with Crippen molar-refractivity contribution < 1.29 is 22.7 Å². The Labute approximate surface area is 149 Å². The summed E-state index contributed by atoms with van der Waals surface area (Å²) in [5.74, 6) is -0.939. The second-order valence-electron chi connectivity index (χ2n) is 5.21. The van der Waals surface area contributed by atoms with Gasteiger partial charge in [-0.1, -0.05) is 6.07 Å². The summed E-state index contributed by atoms with van der Waals surface area (Å²) < 4.78 is 27.2. The molecule has 3 N–H and O–H groups in total. The van der Waals surface area contributed by atoms with Gasteiger partial charge >= 0.3 is 5.97 Å². The van der Waals surface area contributed by atoms with Gasteiger partial charge in [-0.25, -0.2) is 13.6 Å². The zero-order chi connectivity index (χ0) is 18.3. The lowest BCUT2D eigenvalue weighted by molar-refractivity contribution is -0.147. The normalized spacial score (nSPS) is 11.1. The number of benzene rings is 1. The maximum Gasteiger partial charge on any atom is 0.306 e. The quantitative estimate of drug-likeness (QED) is 0.677. The van der Waals surface area contributed by atoms with E-state index >= 15 is 0 Å². The maximum atomic E-state index is 11.7. The van der Waals surface area contributed by atoms with Crippen LogP contribution in [0.25, 0.3) is 0 Å². The Hall–Kier alpha value is -2.23. The van der Waals surface area contributed by atoms with Gasteiger partial charge in [-0.05, 0) is 48.6 Å². The van der Waals surface area contributed by atoms with Crippen molar-refractivity contribution in [2.75, 3.05) is 11.9 Å². The van der Waals surface area contributed by atoms with Gasteiger partial charge in [0, 0.05) is 17.0 Å². The molecule has 0 aliphatic rings. The fourth-order valence-corrected chi connectivity index (χ4v) is 3.27. The third-order valence-electron chi connectivity index (χ3n) is 3.22. The number of hydrogen-bond acceptors (Lipinski definition) is 6. The van der Waals surface area contributed by atoms with Gasteiger partial charge in [-0.3, -0.25) is 9.59 Å². The number of aryl methyl sites for hydroxylation is 1. The van der Waals surface area contributed by atoms with Crippen LogP contribution in [0.3, 0.4) is 0 Å². The summed E-state index contributed by atoms with van der Waals surface area (Å²) in [5.41, 5.74) is 0.381. The molecule has 1 amide bonds. The summed E-state index contributed by atoms with van der Waals surface area (Å²) >= 11 is 1.63. The molecule has 0 fully saturated rings. The van der Waals surface area contributed by atoms with Crippen molar-refractivity contribution in [1.82, 2.24) is 0 Å². The van der Waals surface area contributed by atoms with Gasteiger partial charge < -0.3 is 10.1 Å². The van der Waals surface area contributed by atoms with Gasteiger partial charge in [0.05, 0.1) is 4.90 Å². The first kappa shape index (κ1) is 19.1. The standard InChI is InChI=1S/C16H18N2O5S2/c17-25(21,22)14-8-6-12(7-9-14)18-15(19)11-23-16(20)5-1-3-13-4-2-10-24-13/h2,4,6-10H,1,3,5,11H2,(H,18,19)(H2,17,21,22). The molecule has 134 valence electrons. The molecule has 25 heavy (non-hydrogen) atoms. The van der Waals surface area contributed by atoms with Crippen LogP contribution >= 0.6 is 11.3 Å². The summed E-state index contributed by atoms with van der Waals surface area (Å²) in [6.45, 7) is -0.394. The minimum Gasteiger partial charge on any atom is -0.456 e. The van der Waals surface area contributed by atoms with Crippen LogP contribution in [0, 0.1) is 0 Å². The van der Waals surface area contributed by atoms with Crippen molar-refractivity contribution in [3.8, 4) is 0 Å². The van der Waals surface area contributed by atoms with Crippen molar-refractivity contribution in [3.63, 3.8) is 0 Å². The van der Waals surface area contributed by atoms with Crippen LogP contribution in [0.4, 0.5) is 5.69 Å². The van der Waals surface area contributed by atoms with Crippen LogP contribution in [-0.4, -0.2) is 26.9 Å². The second-order valence-corrected chi connectivity index (χ2v) is 7.80. The summed E-state index contributed by atoms with van der Waals surface area (Å²) in [5, 5.41) is 9.47. The highest BCUT2D eigenvalue weighted by atomic mass is 32.2. The number of thiophene rings is 1. The minimum absolute atomic E-state index is 0.0531. The van der Waals surface area contributed by atoms with Gasteiger partial charge in [-0.2, -0.15) is 0 Å². The molecule has 0 aliphatic heterocycles. The van der Waals surface area contributed by atoms with Crippen molar-refractivity contribution in [3.05, 3.63) is 46.7 Å². The first-order valence-electron chi connectivity index (χ1n) is 7.45. The highest BCUT2D eigenvalue weighted by Crippen LogP contribution is 2.13. The van der Waals surface area contributed by atoms with E-state index < -0.39 is 28.5 Å². The molecule has 9 heteroatoms. The SMILES string of the molecule is NS(=O)(=O)c1ccc(NC(=O)COC(=O)CCCc2cccs2)cc1. The maximum absolute atomic E-state index is 11.7. The Morgan fingerprint density at radius 1 is 1.16 bits per heavy atom. The van der Waals surface area contributed by atoms with Gasteiger partial charge in [-0.15, -0.1) is 11.3 Å². The molecule has 0 saturated carbocycles. The molecule has 1 aromatic carbocycles. The molecule has 0 saturated heterocycles. The number of ether oxygens (including phenoxy) is 1. The molecule has 0 bridgehead atoms. The lowest BCUT2D eigenvalue weighted by Crippen LogP contribution is -2.21. The average Bonchev–Trinajstić information content (AvgIpc) is 3.06. The lowest BCUT2D eigenvalue weighted by Gasteiger charge is -2.07. The summed E-state index contributed by atoms with van der Waals surface area (Å²) in [6, 6.07) is 9.33. The van der Waals surface area contributed by atoms with Crippen molar-refractivity contribution in [2.24, 2.45) is 5.14 Å². The van der Waals surface area contributed by atoms with Crippen LogP contribution < -0.4 is 10.5 Å². The Balaban J connectivity index is 1.70. The third-order valence-corrected chi connectivity index (χ3v) is 5.08. The number of sulfonamides is 1. The summed E-state index contributed by atoms with van der Waals surface area (Å²) in [7, 11) is -3.78. The summed E-state index contributed by atoms with van der Waals surface area (Å²) in [6.07, 6.45) is 1.71. The molecular weight excluding hydrogens is 364 g/mol. The Bertz CT molecular complexity index is 815. The number of nitrogens with one attached hydrogen (secondary N) is 1. The predicted molar refractivity (Wildman–Crippen MR) is 94.7 cm³/mol. The number of primary sulfonamides is 1. The van der Waals surface area contributed by atoms with Crippen molar-refractivity contribution in [1.29, 1.82) is 0 Å². The number of esters is 1. The van der Waals surface area contributed by atoms with Gasteiger partial charge in [0.25, 0.3) is 5.91 Å². The van der Waals surface area contributed by atoms with Gasteiger partial charge in [0.2, 0.25) is 10.0 Å². The van der Waals surface area contributed by atoms with E-state index in [-0.39, 0.29) is 11.3 Å². The zero-order valence-corrected chi connectivity index (χ0v) is 14.9. The van der Waals surface area contributed by atoms with E-state index in [9.17, 15) is 18.0 Å². The van der Waals surface area contributed by atoms with Crippen LogP contribution in [0.1, 0.15) is 17.7 Å². The van der Waals surface area contributed by atoms with E-state index in [1.165, 1.54) is 29.1 Å². The molecule has 0 aliphatic carbocycles. The summed E-state index contributed by atoms with van der Waals surface area (Å²) in [4.78, 5) is 24.5. The fraction of sp³-hybridized carbons (Fsp3) is 0.250. The molecule has 2 rings (SSSR count). The molecule has 0 spiro atoms. The van der Waals surface area contributed by atoms with E-state index in [0.29, 0.717) is 12.1 Å². The number of anilines is 1. The topological polar surface area (TPSA) is 116 Å². The van der Waals surface area contributed by atoms with Crippen LogP contribution in [0.5, 0.6) is 0 Å². The highest BCUT2D eigenvalue weighted by Gasteiger charge is 2.10. The largest absolute Gasteiger partial charge is 0.456 e. The van der Waals surface area contributed by atoms with Gasteiger partial charge in [0.1, 0.15) is 0 Å². The minimum atomic E-state index is -3.78. The smallest absolute Gasteiger partial charge is 0.306 e. The van der Waals surface area contributed by atoms with Crippen LogP contribution in [0.2, 0.25) is 0 Å². The number of amides is 1. The van der Waals surface area contributed by atoms with Crippen molar-refractivity contribution >= 4 is 38.9 Å². The number of hydrogen-bond donors (Lipinski definition) is 2. The number of carbonyl (C=O) groups excluding carboxylic acids is 2. The molecule has 1 heterocycles. The first-order chi connectivity index (χ1) is 11.8. The second kappa shape index (κ2) is 8.75. The molecule has 0 radical (unpaired) electrons. The number of nitrogens with two attached hydrogens (primary N) is 1. The molecule has 0 unspecified atom stereocenters. The van der Waals surface area contributed by atoms with E-state index in [1.807, 2.05) is 17.5 Å². The van der Waals surface area contributed by atoms with Crippen LogP contribution in [0.15, 0.2) is 46.7 Å². The van der Waals surface area contributed by atoms with E-state index in [0.717, 1.165) is 6.42 Å². The van der Waals surface area contributed by atoms with E-state index in [4.69, 9.17) is 9.88 Å². The lowest BCUT2D eigenvalue weighted by atomic mass is 10.2. The third kappa shape index (κ3) is 6.65. The Morgan fingerprint density at radius 3 is 2.48 bits per heavy atom. The average molecular weight is 382 g/mol. The molecule has 2 aromatic rings. The van der Waals surface area contributed by atoms with Crippen LogP contribution in [-0.2, 0) is 30.8 Å². The van der Waals surface area contributed by atoms with Gasteiger partial charge in [0.15, 0.2) is 6.61 Å². The first-order valence-corrected chi connectivity index (χ1v) is 9.88. The predicted octanol–water partition coefficient (Wildman–Crippen LogP) is 1.90. The van der Waals surface area contributed by atoms with Crippen molar-refractivity contribution in [2.45, 2.75) is 24.2 Å². The molecule has 1 aromatic heterocycles. The Kier molecular flexibility index (Phi) is 6.68. The Morgan fingerprint density at radius 2 is 1.88 bits per heavy atom. The van der Waals surface area contributed by atoms with E-state index in [2.05, 4.69) is 5.32 Å². The monoisotopic (exact) mass is 382 g/mol. The molecular formula is C16H18N2O5S2. The fourth-order valence-electron chi connectivity index (χ4n) is 2.01. The number of carbonyl (C=O) groups is 2. The molecule has 7 nitrogen and oxygen atoms in total. The highest BCUT2D eigenvalue weighted by molar-refractivity contribution is 7.89. The molecule has 0 atom stereocenters. The number of rotatable bonds is 8.